The van der Waals surface area contributed by atoms with E-state index in [2.05, 4.69) is 15.6 Å². The predicted molar refractivity (Wildman–Crippen MR) is 98.5 cm³/mol. The van der Waals surface area contributed by atoms with Crippen molar-refractivity contribution in [1.29, 1.82) is 0 Å². The standard InChI is InChI=1S/C18H22FN5O3/c1-11-9-12(3-4-13(11)19)10-21-16(26)14-15(25)17(27)23(2)18(22-14)24-7-5-20-6-8-24/h3-4,9,20,25H,5-8,10H2,1-2H3,(H,21,26). The molecule has 8 nitrogen and oxygen atoms in total. The van der Waals surface area contributed by atoms with Gasteiger partial charge in [-0.1, -0.05) is 12.1 Å². The number of anilines is 1. The van der Waals surface area contributed by atoms with E-state index < -0.39 is 17.2 Å². The van der Waals surface area contributed by atoms with E-state index in [9.17, 15) is 19.1 Å². The molecular weight excluding hydrogens is 353 g/mol. The zero-order valence-electron chi connectivity index (χ0n) is 15.3. The number of piperazine rings is 1. The van der Waals surface area contributed by atoms with Crippen LogP contribution in [0.3, 0.4) is 0 Å². The quantitative estimate of drug-likeness (QED) is 0.710. The van der Waals surface area contributed by atoms with Gasteiger partial charge in [0.15, 0.2) is 5.69 Å². The van der Waals surface area contributed by atoms with Crippen molar-refractivity contribution in [2.75, 3.05) is 31.1 Å². The van der Waals surface area contributed by atoms with E-state index in [0.29, 0.717) is 30.2 Å². The molecule has 1 fully saturated rings. The lowest BCUT2D eigenvalue weighted by atomic mass is 10.1. The summed E-state index contributed by atoms with van der Waals surface area (Å²) in [5, 5.41) is 15.9. The highest BCUT2D eigenvalue weighted by Gasteiger charge is 2.23. The maximum absolute atomic E-state index is 13.3. The summed E-state index contributed by atoms with van der Waals surface area (Å²) in [6.07, 6.45) is 0. The predicted octanol–water partition coefficient (Wildman–Crippen LogP) is 0.273. The third-order valence-corrected chi connectivity index (χ3v) is 4.53. The third-order valence-electron chi connectivity index (χ3n) is 4.53. The van der Waals surface area contributed by atoms with Gasteiger partial charge in [0.05, 0.1) is 0 Å². The van der Waals surface area contributed by atoms with E-state index in [1.165, 1.54) is 17.7 Å². The first-order valence-electron chi connectivity index (χ1n) is 8.67. The van der Waals surface area contributed by atoms with Gasteiger partial charge in [-0.3, -0.25) is 14.2 Å². The smallest absolute Gasteiger partial charge is 0.297 e. The molecule has 0 saturated carbocycles. The Morgan fingerprint density at radius 2 is 2.07 bits per heavy atom. The molecule has 0 bridgehead atoms. The Morgan fingerprint density at radius 3 is 2.74 bits per heavy atom. The van der Waals surface area contributed by atoms with E-state index in [-0.39, 0.29) is 18.1 Å². The summed E-state index contributed by atoms with van der Waals surface area (Å²) in [5.41, 5.74) is 0.178. The molecule has 0 radical (unpaired) electrons. The van der Waals surface area contributed by atoms with Crippen LogP contribution in [0.2, 0.25) is 0 Å². The van der Waals surface area contributed by atoms with Crippen LogP contribution in [0.25, 0.3) is 0 Å². The molecule has 3 N–H and O–H groups in total. The van der Waals surface area contributed by atoms with Crippen LogP contribution in [0, 0.1) is 12.7 Å². The van der Waals surface area contributed by atoms with Gasteiger partial charge in [-0.15, -0.1) is 0 Å². The summed E-state index contributed by atoms with van der Waals surface area (Å²) in [5.74, 6) is -1.34. The molecule has 1 saturated heterocycles. The maximum Gasteiger partial charge on any atom is 0.297 e. The monoisotopic (exact) mass is 375 g/mol. The molecule has 0 atom stereocenters. The average Bonchev–Trinajstić information content (AvgIpc) is 2.68. The van der Waals surface area contributed by atoms with E-state index in [4.69, 9.17) is 0 Å². The van der Waals surface area contributed by atoms with E-state index >= 15 is 0 Å². The molecule has 1 aromatic carbocycles. The maximum atomic E-state index is 13.3. The largest absolute Gasteiger partial charge is 0.501 e. The number of amides is 1. The number of carbonyl (C=O) groups is 1. The molecule has 144 valence electrons. The Morgan fingerprint density at radius 1 is 1.37 bits per heavy atom. The number of benzene rings is 1. The second kappa shape index (κ2) is 7.75. The summed E-state index contributed by atoms with van der Waals surface area (Å²) >= 11 is 0. The van der Waals surface area contributed by atoms with Gasteiger partial charge in [-0.25, -0.2) is 9.37 Å². The van der Waals surface area contributed by atoms with Crippen molar-refractivity contribution in [1.82, 2.24) is 20.2 Å². The molecule has 1 aliphatic rings. The highest BCUT2D eigenvalue weighted by Crippen LogP contribution is 2.16. The van der Waals surface area contributed by atoms with E-state index in [1.807, 2.05) is 4.90 Å². The van der Waals surface area contributed by atoms with Crippen LogP contribution in [-0.4, -0.2) is 46.7 Å². The lowest BCUT2D eigenvalue weighted by molar-refractivity contribution is 0.0942. The van der Waals surface area contributed by atoms with E-state index in [0.717, 1.165) is 13.1 Å². The van der Waals surface area contributed by atoms with Crippen LogP contribution < -0.4 is 21.1 Å². The van der Waals surface area contributed by atoms with Crippen LogP contribution in [0.15, 0.2) is 23.0 Å². The fourth-order valence-electron chi connectivity index (χ4n) is 2.97. The van der Waals surface area contributed by atoms with Crippen molar-refractivity contribution in [3.8, 4) is 5.75 Å². The number of aryl methyl sites for hydroxylation is 1. The van der Waals surface area contributed by atoms with E-state index in [1.54, 1.807) is 19.1 Å². The highest BCUT2D eigenvalue weighted by molar-refractivity contribution is 5.95. The minimum Gasteiger partial charge on any atom is -0.501 e. The van der Waals surface area contributed by atoms with Crippen LogP contribution in [0.5, 0.6) is 5.75 Å². The molecule has 1 aromatic heterocycles. The Kier molecular flexibility index (Phi) is 5.41. The zero-order valence-corrected chi connectivity index (χ0v) is 15.3. The average molecular weight is 375 g/mol. The second-order valence-electron chi connectivity index (χ2n) is 6.48. The number of hydrogen-bond donors (Lipinski definition) is 3. The van der Waals surface area contributed by atoms with Crippen molar-refractivity contribution < 1.29 is 14.3 Å². The first kappa shape index (κ1) is 18.8. The third kappa shape index (κ3) is 3.92. The summed E-state index contributed by atoms with van der Waals surface area (Å²) < 4.78 is 14.6. The lowest BCUT2D eigenvalue weighted by Gasteiger charge is -2.29. The molecule has 0 aliphatic carbocycles. The minimum atomic E-state index is -0.691. The fraction of sp³-hybridized carbons (Fsp3) is 0.389. The fourth-order valence-corrected chi connectivity index (χ4v) is 2.97. The summed E-state index contributed by atoms with van der Waals surface area (Å²) in [6, 6.07) is 4.51. The highest BCUT2D eigenvalue weighted by atomic mass is 19.1. The first-order chi connectivity index (χ1) is 12.9. The Labute approximate surface area is 155 Å². The van der Waals surface area contributed by atoms with Gasteiger partial charge in [0.2, 0.25) is 11.7 Å². The number of nitrogens with one attached hydrogen (secondary N) is 2. The minimum absolute atomic E-state index is 0.124. The summed E-state index contributed by atoms with van der Waals surface area (Å²) in [7, 11) is 1.51. The van der Waals surface area contributed by atoms with Crippen molar-refractivity contribution >= 4 is 11.9 Å². The molecule has 0 unspecified atom stereocenters. The van der Waals surface area contributed by atoms with Crippen molar-refractivity contribution in [2.45, 2.75) is 13.5 Å². The normalized spacial score (nSPS) is 14.3. The molecule has 1 aliphatic heterocycles. The van der Waals surface area contributed by atoms with Gasteiger partial charge in [-0.2, -0.15) is 0 Å². The van der Waals surface area contributed by atoms with Gasteiger partial charge in [0.25, 0.3) is 11.5 Å². The Hall–Kier alpha value is -2.94. The van der Waals surface area contributed by atoms with Crippen LogP contribution >= 0.6 is 0 Å². The SMILES string of the molecule is Cc1cc(CNC(=O)c2nc(N3CCNCC3)n(C)c(=O)c2O)ccc1F. The summed E-state index contributed by atoms with van der Waals surface area (Å²) in [6.45, 7) is 4.51. The Bertz CT molecular complexity index is 922. The topological polar surface area (TPSA) is 99.5 Å². The number of hydrogen-bond acceptors (Lipinski definition) is 6. The molecule has 1 amide bonds. The van der Waals surface area contributed by atoms with Gasteiger partial charge in [-0.05, 0) is 24.1 Å². The zero-order chi connectivity index (χ0) is 19.6. The van der Waals surface area contributed by atoms with Gasteiger partial charge >= 0.3 is 0 Å². The van der Waals surface area contributed by atoms with Gasteiger partial charge < -0.3 is 20.6 Å². The number of nitrogens with zero attached hydrogens (tertiary/aromatic N) is 3. The van der Waals surface area contributed by atoms with Gasteiger partial charge in [0.1, 0.15) is 5.82 Å². The molecule has 0 spiro atoms. The van der Waals surface area contributed by atoms with Crippen molar-refractivity contribution in [3.63, 3.8) is 0 Å². The number of aromatic nitrogens is 2. The van der Waals surface area contributed by atoms with Gasteiger partial charge in [0, 0.05) is 39.8 Å². The van der Waals surface area contributed by atoms with Crippen LogP contribution in [0.1, 0.15) is 21.6 Å². The van der Waals surface area contributed by atoms with Crippen LogP contribution in [-0.2, 0) is 13.6 Å². The molecular formula is C18H22FN5O3. The molecule has 3 rings (SSSR count). The van der Waals surface area contributed by atoms with Crippen molar-refractivity contribution in [2.24, 2.45) is 7.05 Å². The number of aromatic hydroxyl groups is 1. The second-order valence-corrected chi connectivity index (χ2v) is 6.48. The molecule has 27 heavy (non-hydrogen) atoms. The number of rotatable bonds is 4. The van der Waals surface area contributed by atoms with Crippen molar-refractivity contribution in [3.05, 3.63) is 51.2 Å². The lowest BCUT2D eigenvalue weighted by Crippen LogP contribution is -2.46. The number of carbonyl (C=O) groups excluding carboxylic acids is 1. The Balaban J connectivity index is 1.83. The van der Waals surface area contributed by atoms with Crippen LogP contribution in [0.4, 0.5) is 10.3 Å². The molecule has 2 heterocycles. The molecule has 2 aromatic rings. The molecule has 9 heteroatoms. The number of halogens is 1. The first-order valence-corrected chi connectivity index (χ1v) is 8.67. The summed E-state index contributed by atoms with van der Waals surface area (Å²) in [4.78, 5) is 31.0.